The summed E-state index contributed by atoms with van der Waals surface area (Å²) in [5.41, 5.74) is 3.05. The second-order valence-electron chi connectivity index (χ2n) is 10.7. The fourth-order valence-corrected chi connectivity index (χ4v) is 6.49. The van der Waals surface area contributed by atoms with Crippen molar-refractivity contribution in [2.24, 2.45) is 0 Å². The lowest BCUT2D eigenvalue weighted by molar-refractivity contribution is 0.294. The fraction of sp³-hybridized carbons (Fsp3) is 0.345. The maximum Gasteiger partial charge on any atom is 0.160 e. The third-order valence-electron chi connectivity index (χ3n) is 7.59. The van der Waals surface area contributed by atoms with E-state index in [1.165, 1.54) is 6.26 Å². The molecule has 6 rings (SSSR count). The number of halogens is 3. The molecule has 2 saturated heterocycles. The van der Waals surface area contributed by atoms with E-state index >= 15 is 0 Å². The Hall–Kier alpha value is -3.97. The van der Waals surface area contributed by atoms with E-state index in [0.717, 1.165) is 42.7 Å². The van der Waals surface area contributed by atoms with Crippen LogP contribution >= 0.6 is 0 Å². The summed E-state index contributed by atoms with van der Waals surface area (Å²) in [4.78, 5) is 14.7. The van der Waals surface area contributed by atoms with Crippen molar-refractivity contribution in [1.82, 2.24) is 24.5 Å². The van der Waals surface area contributed by atoms with Gasteiger partial charge in [0, 0.05) is 44.4 Å². The van der Waals surface area contributed by atoms with Crippen LogP contribution in [0, 0.1) is 11.6 Å². The molecule has 2 aliphatic rings. The number of rotatable bonds is 7. The molecule has 220 valence electrons. The molecular formula is C29H30F3N7O2S. The van der Waals surface area contributed by atoms with Crippen molar-refractivity contribution in [3.63, 3.8) is 0 Å². The van der Waals surface area contributed by atoms with Crippen molar-refractivity contribution in [3.8, 4) is 0 Å². The van der Waals surface area contributed by atoms with Crippen LogP contribution in [0.15, 0.2) is 54.9 Å². The van der Waals surface area contributed by atoms with E-state index in [0.29, 0.717) is 30.2 Å². The second kappa shape index (κ2) is 11.4. The smallest absolute Gasteiger partial charge is 0.160 e. The Morgan fingerprint density at radius 1 is 0.976 bits per heavy atom. The molecule has 0 radical (unpaired) electrons. The van der Waals surface area contributed by atoms with Gasteiger partial charge in [0.1, 0.15) is 29.5 Å². The number of imidazole rings is 1. The molecule has 0 N–H and O–H groups in total. The summed E-state index contributed by atoms with van der Waals surface area (Å²) in [5, 5.41) is 4.67. The van der Waals surface area contributed by atoms with Crippen LogP contribution in [0.3, 0.4) is 0 Å². The number of pyridine rings is 1. The number of alkyl halides is 1. The normalized spacial score (nSPS) is 20.3. The first-order chi connectivity index (χ1) is 20.1. The van der Waals surface area contributed by atoms with E-state index in [4.69, 9.17) is 0 Å². The topological polar surface area (TPSA) is 86.9 Å². The van der Waals surface area contributed by atoms with Crippen LogP contribution in [0.5, 0.6) is 0 Å². The Labute approximate surface area is 241 Å². The molecule has 0 bridgehead atoms. The van der Waals surface area contributed by atoms with Gasteiger partial charge in [0.15, 0.2) is 15.5 Å². The van der Waals surface area contributed by atoms with E-state index < -0.39 is 33.7 Å². The minimum absolute atomic E-state index is 0.0159. The van der Waals surface area contributed by atoms with Crippen molar-refractivity contribution in [1.29, 1.82) is 0 Å². The van der Waals surface area contributed by atoms with Crippen LogP contribution in [0.4, 0.5) is 24.7 Å². The predicted molar refractivity (Wildman–Crippen MR) is 156 cm³/mol. The van der Waals surface area contributed by atoms with Crippen molar-refractivity contribution in [2.45, 2.75) is 18.6 Å². The Bertz CT molecular complexity index is 1720. The van der Waals surface area contributed by atoms with Crippen LogP contribution in [0.1, 0.15) is 29.4 Å². The zero-order valence-electron chi connectivity index (χ0n) is 22.9. The fourth-order valence-electron chi connectivity index (χ4n) is 5.57. The molecule has 4 aromatic rings. The Morgan fingerprint density at radius 3 is 2.52 bits per heavy atom. The predicted octanol–water partition coefficient (Wildman–Crippen LogP) is 3.99. The first kappa shape index (κ1) is 28.2. The molecule has 2 atom stereocenters. The number of hydrogen-bond acceptors (Lipinski definition) is 8. The van der Waals surface area contributed by atoms with Gasteiger partial charge >= 0.3 is 0 Å². The molecular weight excluding hydrogens is 567 g/mol. The van der Waals surface area contributed by atoms with Crippen LogP contribution < -0.4 is 9.80 Å². The average Bonchev–Trinajstić information content (AvgIpc) is 3.56. The molecule has 0 aliphatic carbocycles. The van der Waals surface area contributed by atoms with Crippen molar-refractivity contribution < 1.29 is 21.6 Å². The van der Waals surface area contributed by atoms with Crippen molar-refractivity contribution in [3.05, 3.63) is 83.4 Å². The summed E-state index contributed by atoms with van der Waals surface area (Å²) in [6, 6.07) is 9.89. The molecule has 42 heavy (non-hydrogen) atoms. The summed E-state index contributed by atoms with van der Waals surface area (Å²) in [7, 11) is -3.04. The molecule has 13 heteroatoms. The van der Waals surface area contributed by atoms with Crippen LogP contribution in [-0.2, 0) is 9.84 Å². The van der Waals surface area contributed by atoms with Gasteiger partial charge in [-0.2, -0.15) is 0 Å². The van der Waals surface area contributed by atoms with Gasteiger partial charge in [-0.05, 0) is 54.6 Å². The highest BCUT2D eigenvalue weighted by Crippen LogP contribution is 2.38. The number of anilines is 2. The first-order valence-corrected chi connectivity index (χ1v) is 15.7. The molecule has 0 unspecified atom stereocenters. The summed E-state index contributed by atoms with van der Waals surface area (Å²) in [5.74, 6) is -0.653. The van der Waals surface area contributed by atoms with E-state index in [1.54, 1.807) is 33.9 Å². The van der Waals surface area contributed by atoms with Gasteiger partial charge in [-0.1, -0.05) is 0 Å². The van der Waals surface area contributed by atoms with Crippen LogP contribution in [0.25, 0.3) is 17.8 Å². The molecule has 0 spiro atoms. The average molecular weight is 598 g/mol. The minimum atomic E-state index is -3.04. The number of hydrogen-bond donors (Lipinski definition) is 0. The first-order valence-electron chi connectivity index (χ1n) is 13.6. The molecule has 2 fully saturated rings. The number of fused-ring (bicyclic) bond motifs is 1. The number of piperazine rings is 1. The summed E-state index contributed by atoms with van der Waals surface area (Å²) in [6.45, 7) is 2.78. The lowest BCUT2D eigenvalue weighted by atomic mass is 10.0. The van der Waals surface area contributed by atoms with Gasteiger partial charge in [-0.15, -0.1) is 5.10 Å². The third kappa shape index (κ3) is 6.12. The monoisotopic (exact) mass is 597 g/mol. The van der Waals surface area contributed by atoms with Gasteiger partial charge in [0.2, 0.25) is 0 Å². The number of aromatic nitrogens is 4. The van der Waals surface area contributed by atoms with E-state index in [-0.39, 0.29) is 24.4 Å². The zero-order valence-corrected chi connectivity index (χ0v) is 23.8. The van der Waals surface area contributed by atoms with Crippen molar-refractivity contribution >= 4 is 39.1 Å². The van der Waals surface area contributed by atoms with E-state index in [9.17, 15) is 21.6 Å². The minimum Gasteiger partial charge on any atom is -0.368 e. The van der Waals surface area contributed by atoms with Gasteiger partial charge in [0.05, 0.1) is 42.1 Å². The van der Waals surface area contributed by atoms with Gasteiger partial charge < -0.3 is 9.80 Å². The quantitative estimate of drug-likeness (QED) is 0.316. The summed E-state index contributed by atoms with van der Waals surface area (Å²) < 4.78 is 67.8. The highest BCUT2D eigenvalue weighted by atomic mass is 32.2. The number of benzene rings is 1. The van der Waals surface area contributed by atoms with Gasteiger partial charge in [-0.3, -0.25) is 9.88 Å². The number of sulfone groups is 1. The van der Waals surface area contributed by atoms with E-state index in [2.05, 4.69) is 20.0 Å². The zero-order chi connectivity index (χ0) is 29.4. The highest BCUT2D eigenvalue weighted by Gasteiger charge is 2.36. The van der Waals surface area contributed by atoms with Gasteiger partial charge in [-0.25, -0.2) is 31.1 Å². The highest BCUT2D eigenvalue weighted by molar-refractivity contribution is 7.90. The molecule has 0 amide bonds. The Kier molecular flexibility index (Phi) is 7.62. The van der Waals surface area contributed by atoms with Crippen molar-refractivity contribution in [2.75, 3.05) is 54.7 Å². The lowest BCUT2D eigenvalue weighted by Gasteiger charge is -2.35. The molecule has 3 aromatic heterocycles. The van der Waals surface area contributed by atoms with Gasteiger partial charge in [0.25, 0.3) is 0 Å². The lowest BCUT2D eigenvalue weighted by Crippen LogP contribution is -2.47. The summed E-state index contributed by atoms with van der Waals surface area (Å²) in [6.07, 6.45) is 7.20. The maximum atomic E-state index is 14.6. The molecule has 0 saturated carbocycles. The second-order valence-corrected chi connectivity index (χ2v) is 12.9. The molecule has 9 nitrogen and oxygen atoms in total. The molecule has 5 heterocycles. The van der Waals surface area contributed by atoms with Crippen LogP contribution in [-0.4, -0.2) is 83.9 Å². The van der Waals surface area contributed by atoms with Crippen LogP contribution in [0.2, 0.25) is 0 Å². The molecule has 2 aliphatic heterocycles. The largest absolute Gasteiger partial charge is 0.368 e. The van der Waals surface area contributed by atoms with E-state index in [1.807, 2.05) is 29.2 Å². The third-order valence-corrected chi connectivity index (χ3v) is 8.42. The standard InChI is InChI=1S/C29H30F3N7O2S/c1-42(40,41)19-36-10-12-37(13-11-36)23-5-3-22(33-16-23)4-6-24-17-34-28-8-9-29(35-39(24)28)38-18-21(31)15-27(38)25-14-20(30)2-7-26(25)32/h2-9,14,16-17,21,27H,10-13,15,18-19H2,1H3/b6-4+/t21-,27+/m0/s1. The molecule has 1 aromatic carbocycles. The number of nitrogens with zero attached hydrogens (tertiary/aromatic N) is 7. The summed E-state index contributed by atoms with van der Waals surface area (Å²) >= 11 is 0. The Morgan fingerprint density at radius 2 is 1.79 bits per heavy atom. The Balaban J connectivity index is 1.17. The SMILES string of the molecule is CS(=O)(=O)CN1CCN(c2ccc(/C=C/c3cnc4ccc(N5C[C@@H](F)C[C@@H]5c5cc(F)ccc5F)nn34)nc2)CC1. The maximum absolute atomic E-state index is 14.6.